The first-order valence-corrected chi connectivity index (χ1v) is 3.61. The van der Waals surface area contributed by atoms with E-state index in [0.29, 0.717) is 4.68 Å². The van der Waals surface area contributed by atoms with Crippen LogP contribution >= 0.6 is 0 Å². The van der Waals surface area contributed by atoms with Gasteiger partial charge in [0.2, 0.25) is 0 Å². The molecule has 0 amide bonds. The highest BCUT2D eigenvalue weighted by Gasteiger charge is 2.38. The number of halogens is 3. The normalized spacial score (nSPS) is 12.1. The first kappa shape index (κ1) is 9.97. The molecule has 13 heavy (non-hydrogen) atoms. The molecule has 74 valence electrons. The van der Waals surface area contributed by atoms with Crippen LogP contribution in [-0.4, -0.2) is 20.1 Å². The van der Waals surface area contributed by atoms with E-state index in [4.69, 9.17) is 5.11 Å². The minimum absolute atomic E-state index is 0.0713. The van der Waals surface area contributed by atoms with Crippen molar-refractivity contribution in [2.45, 2.75) is 26.3 Å². The fraction of sp³-hybridized carbons (Fsp3) is 0.667. The molecule has 1 heterocycles. The van der Waals surface area contributed by atoms with Crippen LogP contribution in [0.15, 0.2) is 0 Å². The maximum absolute atomic E-state index is 12.3. The lowest BCUT2D eigenvalue weighted by atomic mass is 10.3. The molecule has 1 aromatic heterocycles. The highest BCUT2D eigenvalue weighted by atomic mass is 19.4. The van der Waals surface area contributed by atoms with E-state index >= 15 is 0 Å². The van der Waals surface area contributed by atoms with E-state index in [1.54, 1.807) is 0 Å². The zero-order valence-corrected chi connectivity index (χ0v) is 6.84. The maximum atomic E-state index is 12.3. The largest absolute Gasteiger partial charge is 0.435 e. The zero-order valence-electron chi connectivity index (χ0n) is 6.84. The van der Waals surface area contributed by atoms with Gasteiger partial charge in [0.05, 0.1) is 6.61 Å². The van der Waals surface area contributed by atoms with Crippen LogP contribution in [0.1, 0.15) is 18.3 Å². The summed E-state index contributed by atoms with van der Waals surface area (Å²) in [6.45, 7) is 0.835. The molecule has 0 unspecified atom stereocenters. The molecule has 1 rings (SSSR count). The van der Waals surface area contributed by atoms with E-state index < -0.39 is 24.2 Å². The second-order valence-electron chi connectivity index (χ2n) is 2.36. The summed E-state index contributed by atoms with van der Waals surface area (Å²) in [6.07, 6.45) is -4.52. The van der Waals surface area contributed by atoms with Crippen LogP contribution in [0.5, 0.6) is 0 Å². The molecule has 0 aliphatic carbocycles. The lowest BCUT2D eigenvalue weighted by Crippen LogP contribution is -2.15. The number of rotatable bonds is 2. The van der Waals surface area contributed by atoms with E-state index in [1.807, 2.05) is 0 Å². The maximum Gasteiger partial charge on any atom is 0.435 e. The predicted molar refractivity (Wildman–Crippen MR) is 36.6 cm³/mol. The van der Waals surface area contributed by atoms with Gasteiger partial charge in [0, 0.05) is 6.54 Å². The number of aryl methyl sites for hydroxylation is 1. The summed E-state index contributed by atoms with van der Waals surface area (Å²) in [5, 5.41) is 15.0. The first-order valence-electron chi connectivity index (χ1n) is 3.61. The van der Waals surface area contributed by atoms with Gasteiger partial charge in [-0.3, -0.25) is 0 Å². The summed E-state index contributed by atoms with van der Waals surface area (Å²) in [5.41, 5.74) is -1.41. The highest BCUT2D eigenvalue weighted by molar-refractivity contribution is 5.12. The van der Waals surface area contributed by atoms with Crippen LogP contribution in [0.4, 0.5) is 13.2 Å². The molecule has 0 saturated heterocycles. The molecule has 0 aliphatic heterocycles. The van der Waals surface area contributed by atoms with E-state index in [0.717, 1.165) is 0 Å². The third-order valence-corrected chi connectivity index (χ3v) is 1.52. The van der Waals surface area contributed by atoms with Crippen LogP contribution < -0.4 is 0 Å². The van der Waals surface area contributed by atoms with Crippen LogP contribution in [0.2, 0.25) is 0 Å². The second-order valence-corrected chi connectivity index (χ2v) is 2.36. The standard InChI is InChI=1S/C6H8F3N3O/c1-2-12-5(6(7,8)9)4(3-13)10-11-12/h13H,2-3H2,1H3. The van der Waals surface area contributed by atoms with Crippen molar-refractivity contribution in [2.75, 3.05) is 0 Å². The third-order valence-electron chi connectivity index (χ3n) is 1.52. The molecule has 0 spiro atoms. The van der Waals surface area contributed by atoms with Gasteiger partial charge < -0.3 is 5.11 Å². The summed E-state index contributed by atoms with van der Waals surface area (Å²) < 4.78 is 37.6. The Kier molecular flexibility index (Phi) is 2.55. The van der Waals surface area contributed by atoms with Crippen molar-refractivity contribution in [3.8, 4) is 0 Å². The predicted octanol–water partition coefficient (Wildman–Crippen LogP) is 0.809. The Labute approximate surface area is 72.0 Å². The molecule has 0 fully saturated rings. The minimum atomic E-state index is -4.52. The average molecular weight is 195 g/mol. The molecule has 0 atom stereocenters. The van der Waals surface area contributed by atoms with Crippen molar-refractivity contribution in [1.82, 2.24) is 15.0 Å². The monoisotopic (exact) mass is 195 g/mol. The number of aliphatic hydroxyl groups is 1. The van der Waals surface area contributed by atoms with Gasteiger partial charge in [-0.15, -0.1) is 5.10 Å². The van der Waals surface area contributed by atoms with E-state index in [2.05, 4.69) is 10.3 Å². The number of hydrogen-bond acceptors (Lipinski definition) is 3. The van der Waals surface area contributed by atoms with Gasteiger partial charge in [-0.05, 0) is 6.92 Å². The molecule has 7 heteroatoms. The van der Waals surface area contributed by atoms with Crippen molar-refractivity contribution < 1.29 is 18.3 Å². The average Bonchev–Trinajstić information content (AvgIpc) is 2.45. The summed E-state index contributed by atoms with van der Waals surface area (Å²) in [6, 6.07) is 0. The number of alkyl halides is 3. The topological polar surface area (TPSA) is 50.9 Å². The lowest BCUT2D eigenvalue weighted by molar-refractivity contribution is -0.145. The molecular weight excluding hydrogens is 187 g/mol. The minimum Gasteiger partial charge on any atom is -0.390 e. The molecule has 0 saturated carbocycles. The first-order chi connectivity index (χ1) is 6.00. The van der Waals surface area contributed by atoms with Crippen molar-refractivity contribution in [3.05, 3.63) is 11.4 Å². The Balaban J connectivity index is 3.20. The van der Waals surface area contributed by atoms with Gasteiger partial charge in [0.25, 0.3) is 0 Å². The second kappa shape index (κ2) is 3.33. The van der Waals surface area contributed by atoms with Crippen LogP contribution in [0.3, 0.4) is 0 Å². The van der Waals surface area contributed by atoms with Crippen molar-refractivity contribution in [2.24, 2.45) is 0 Å². The van der Waals surface area contributed by atoms with E-state index in [9.17, 15) is 13.2 Å². The molecule has 1 N–H and O–H groups in total. The molecule has 0 aliphatic rings. The SMILES string of the molecule is CCn1nnc(CO)c1C(F)(F)F. The number of hydrogen-bond donors (Lipinski definition) is 1. The van der Waals surface area contributed by atoms with Gasteiger partial charge >= 0.3 is 6.18 Å². The van der Waals surface area contributed by atoms with Crippen molar-refractivity contribution >= 4 is 0 Å². The zero-order chi connectivity index (χ0) is 10.1. The lowest BCUT2D eigenvalue weighted by Gasteiger charge is -2.08. The number of aromatic nitrogens is 3. The van der Waals surface area contributed by atoms with Crippen molar-refractivity contribution in [1.29, 1.82) is 0 Å². The molecular formula is C6H8F3N3O. The summed E-state index contributed by atoms with van der Waals surface area (Å²) in [7, 11) is 0. The Morgan fingerprint density at radius 3 is 2.46 bits per heavy atom. The van der Waals surface area contributed by atoms with Gasteiger partial charge in [-0.2, -0.15) is 13.2 Å². The quantitative estimate of drug-likeness (QED) is 0.759. The molecule has 1 aromatic rings. The summed E-state index contributed by atoms with van der Waals surface area (Å²) in [5.74, 6) is 0. The molecule has 0 aromatic carbocycles. The number of nitrogens with zero attached hydrogens (tertiary/aromatic N) is 3. The number of aliphatic hydroxyl groups excluding tert-OH is 1. The summed E-state index contributed by atoms with van der Waals surface area (Å²) >= 11 is 0. The fourth-order valence-electron chi connectivity index (χ4n) is 0.987. The Morgan fingerprint density at radius 1 is 1.46 bits per heavy atom. The van der Waals surface area contributed by atoms with Crippen LogP contribution in [-0.2, 0) is 19.3 Å². The van der Waals surface area contributed by atoms with Gasteiger partial charge in [0.15, 0.2) is 5.69 Å². The van der Waals surface area contributed by atoms with Gasteiger partial charge in [0.1, 0.15) is 5.69 Å². The van der Waals surface area contributed by atoms with Crippen LogP contribution in [0.25, 0.3) is 0 Å². The Morgan fingerprint density at radius 2 is 2.08 bits per heavy atom. The smallest absolute Gasteiger partial charge is 0.390 e. The van der Waals surface area contributed by atoms with Crippen LogP contribution in [0, 0.1) is 0 Å². The third kappa shape index (κ3) is 1.80. The van der Waals surface area contributed by atoms with Crippen molar-refractivity contribution in [3.63, 3.8) is 0 Å². The Hall–Kier alpha value is -1.11. The van der Waals surface area contributed by atoms with Gasteiger partial charge in [-0.25, -0.2) is 4.68 Å². The Bertz CT molecular complexity index is 272. The summed E-state index contributed by atoms with van der Waals surface area (Å²) in [4.78, 5) is 0. The molecule has 0 radical (unpaired) electrons. The highest BCUT2D eigenvalue weighted by Crippen LogP contribution is 2.30. The van der Waals surface area contributed by atoms with E-state index in [1.165, 1.54) is 6.92 Å². The molecule has 4 nitrogen and oxygen atoms in total. The van der Waals surface area contributed by atoms with Gasteiger partial charge in [-0.1, -0.05) is 5.21 Å². The van der Waals surface area contributed by atoms with E-state index in [-0.39, 0.29) is 6.54 Å². The fourth-order valence-corrected chi connectivity index (χ4v) is 0.987. The molecule has 0 bridgehead atoms.